The molecule has 0 aliphatic heterocycles. The molecule has 7 heteroatoms. The summed E-state index contributed by atoms with van der Waals surface area (Å²) in [5, 5.41) is 4.63. The zero-order valence-corrected chi connectivity index (χ0v) is 18.6. The van der Waals surface area contributed by atoms with E-state index in [4.69, 9.17) is 21.1 Å². The van der Waals surface area contributed by atoms with Gasteiger partial charge in [0.05, 0.1) is 6.21 Å². The maximum absolute atomic E-state index is 11.9. The number of halogens is 2. The van der Waals surface area contributed by atoms with Crippen molar-refractivity contribution in [3.63, 3.8) is 0 Å². The molecule has 0 aliphatic carbocycles. The second kappa shape index (κ2) is 10.8. The van der Waals surface area contributed by atoms with Crippen molar-refractivity contribution in [1.29, 1.82) is 0 Å². The Morgan fingerprint density at radius 3 is 2.53 bits per heavy atom. The Kier molecular flexibility index (Phi) is 7.88. The topological polar surface area (TPSA) is 59.9 Å². The molecule has 3 aromatic rings. The third-order valence-electron chi connectivity index (χ3n) is 4.13. The van der Waals surface area contributed by atoms with E-state index >= 15 is 0 Å². The van der Waals surface area contributed by atoms with Gasteiger partial charge in [0.2, 0.25) is 0 Å². The third kappa shape index (κ3) is 6.61. The van der Waals surface area contributed by atoms with Crippen LogP contribution in [0.4, 0.5) is 0 Å². The van der Waals surface area contributed by atoms with Gasteiger partial charge in [0.15, 0.2) is 6.61 Å². The predicted molar refractivity (Wildman–Crippen MR) is 122 cm³/mol. The Labute approximate surface area is 188 Å². The maximum atomic E-state index is 11.9. The monoisotopic (exact) mass is 486 g/mol. The highest BCUT2D eigenvalue weighted by Crippen LogP contribution is 2.21. The molecule has 0 saturated heterocycles. The van der Waals surface area contributed by atoms with Gasteiger partial charge in [-0.1, -0.05) is 45.7 Å². The average Bonchev–Trinajstić information content (AvgIpc) is 2.75. The molecular weight excluding hydrogens is 468 g/mol. The molecule has 3 aromatic carbocycles. The van der Waals surface area contributed by atoms with E-state index in [-0.39, 0.29) is 12.5 Å². The van der Waals surface area contributed by atoms with Gasteiger partial charge < -0.3 is 9.47 Å². The molecule has 154 valence electrons. The Morgan fingerprint density at radius 2 is 1.80 bits per heavy atom. The van der Waals surface area contributed by atoms with Crippen molar-refractivity contribution >= 4 is 39.7 Å². The fourth-order valence-electron chi connectivity index (χ4n) is 2.49. The van der Waals surface area contributed by atoms with E-state index in [2.05, 4.69) is 26.5 Å². The highest BCUT2D eigenvalue weighted by molar-refractivity contribution is 9.10. The quantitative estimate of drug-likeness (QED) is 0.336. The zero-order valence-electron chi connectivity index (χ0n) is 16.3. The minimum absolute atomic E-state index is 0.118. The van der Waals surface area contributed by atoms with Crippen LogP contribution >= 0.6 is 27.5 Å². The molecular formula is C23H20BrClN2O3. The van der Waals surface area contributed by atoms with Gasteiger partial charge in [0.25, 0.3) is 5.91 Å². The van der Waals surface area contributed by atoms with Gasteiger partial charge >= 0.3 is 0 Å². The van der Waals surface area contributed by atoms with Crippen LogP contribution in [0.1, 0.15) is 16.7 Å². The van der Waals surface area contributed by atoms with Crippen LogP contribution in [0.15, 0.2) is 76.3 Å². The molecule has 0 saturated carbocycles. The molecule has 0 spiro atoms. The first-order chi connectivity index (χ1) is 14.5. The molecule has 1 amide bonds. The molecule has 5 nitrogen and oxygen atoms in total. The lowest BCUT2D eigenvalue weighted by Crippen LogP contribution is -2.24. The second-order valence-electron chi connectivity index (χ2n) is 6.44. The minimum atomic E-state index is -0.341. The fourth-order valence-corrected chi connectivity index (χ4v) is 2.93. The first-order valence-electron chi connectivity index (χ1n) is 9.18. The second-order valence-corrected chi connectivity index (χ2v) is 7.70. The molecule has 0 bridgehead atoms. The largest absolute Gasteiger partial charge is 0.489 e. The number of hydrazone groups is 1. The SMILES string of the molecule is Cc1cc(OCC(=O)N/N=C/c2ccc(OCc3ccccc3Cl)cc2)ccc1Br. The molecule has 1 N–H and O–H groups in total. The Morgan fingerprint density at radius 1 is 1.07 bits per heavy atom. The number of benzene rings is 3. The van der Waals surface area contributed by atoms with Crippen LogP contribution in [0.25, 0.3) is 0 Å². The van der Waals surface area contributed by atoms with Crippen LogP contribution in [0.5, 0.6) is 11.5 Å². The van der Waals surface area contributed by atoms with E-state index in [1.165, 1.54) is 0 Å². The standard InChI is InChI=1S/C23H20BrClN2O3/c1-16-12-20(10-11-21(16)24)30-15-23(28)27-26-13-17-6-8-19(9-7-17)29-14-18-4-2-3-5-22(18)25/h2-13H,14-15H2,1H3,(H,27,28)/b26-13+. The van der Waals surface area contributed by atoms with Gasteiger partial charge in [0.1, 0.15) is 18.1 Å². The molecule has 0 aromatic heterocycles. The fraction of sp³-hybridized carbons (Fsp3) is 0.130. The summed E-state index contributed by atoms with van der Waals surface area (Å²) in [7, 11) is 0. The summed E-state index contributed by atoms with van der Waals surface area (Å²) < 4.78 is 12.2. The number of ether oxygens (including phenoxy) is 2. The number of rotatable bonds is 8. The lowest BCUT2D eigenvalue weighted by Gasteiger charge is -2.08. The van der Waals surface area contributed by atoms with Gasteiger partial charge in [-0.05, 0) is 66.6 Å². The lowest BCUT2D eigenvalue weighted by atomic mass is 10.2. The summed E-state index contributed by atoms with van der Waals surface area (Å²) >= 11 is 9.55. The van der Waals surface area contributed by atoms with Crippen molar-refractivity contribution in [2.75, 3.05) is 6.61 Å². The Balaban J connectivity index is 1.43. The van der Waals surface area contributed by atoms with Crippen molar-refractivity contribution in [3.05, 3.63) is 92.9 Å². The van der Waals surface area contributed by atoms with E-state index in [1.54, 1.807) is 12.3 Å². The summed E-state index contributed by atoms with van der Waals surface area (Å²) in [5.74, 6) is 1.00. The lowest BCUT2D eigenvalue weighted by molar-refractivity contribution is -0.123. The first-order valence-corrected chi connectivity index (χ1v) is 10.4. The summed E-state index contributed by atoms with van der Waals surface area (Å²) in [5.41, 5.74) is 5.23. The van der Waals surface area contributed by atoms with Gasteiger partial charge in [-0.2, -0.15) is 5.10 Å². The number of carbonyl (C=O) groups is 1. The van der Waals surface area contributed by atoms with E-state index in [0.717, 1.165) is 21.2 Å². The highest BCUT2D eigenvalue weighted by Gasteiger charge is 2.03. The summed E-state index contributed by atoms with van der Waals surface area (Å²) in [4.78, 5) is 11.9. The number of hydrogen-bond donors (Lipinski definition) is 1. The maximum Gasteiger partial charge on any atom is 0.277 e. The molecule has 0 aliphatic rings. The first kappa shape index (κ1) is 21.9. The zero-order chi connectivity index (χ0) is 21.3. The average molecular weight is 488 g/mol. The van der Waals surface area contributed by atoms with Crippen molar-refractivity contribution in [3.8, 4) is 11.5 Å². The molecule has 0 atom stereocenters. The Bertz CT molecular complexity index is 1040. The molecule has 0 unspecified atom stereocenters. The van der Waals surface area contributed by atoms with Crippen LogP contribution < -0.4 is 14.9 Å². The van der Waals surface area contributed by atoms with Crippen LogP contribution in [-0.2, 0) is 11.4 Å². The molecule has 0 heterocycles. The number of carbonyl (C=O) groups excluding carboxylic acids is 1. The number of nitrogens with zero attached hydrogens (tertiary/aromatic N) is 1. The van der Waals surface area contributed by atoms with E-state index in [9.17, 15) is 4.79 Å². The number of nitrogens with one attached hydrogen (secondary N) is 1. The van der Waals surface area contributed by atoms with Crippen LogP contribution in [0.2, 0.25) is 5.02 Å². The minimum Gasteiger partial charge on any atom is -0.489 e. The number of amides is 1. The molecule has 0 radical (unpaired) electrons. The van der Waals surface area contributed by atoms with Gasteiger partial charge in [0, 0.05) is 15.1 Å². The van der Waals surface area contributed by atoms with Crippen LogP contribution in [0, 0.1) is 6.92 Å². The molecule has 30 heavy (non-hydrogen) atoms. The van der Waals surface area contributed by atoms with E-state index < -0.39 is 0 Å². The summed E-state index contributed by atoms with van der Waals surface area (Å²) in [6, 6.07) is 20.4. The number of aryl methyl sites for hydroxylation is 1. The van der Waals surface area contributed by atoms with E-state index in [0.29, 0.717) is 23.1 Å². The predicted octanol–water partition coefficient (Wildman–Crippen LogP) is 5.52. The van der Waals surface area contributed by atoms with Gasteiger partial charge in [-0.15, -0.1) is 0 Å². The van der Waals surface area contributed by atoms with E-state index in [1.807, 2.05) is 67.6 Å². The third-order valence-corrected chi connectivity index (χ3v) is 5.39. The van der Waals surface area contributed by atoms with Crippen molar-refractivity contribution in [2.24, 2.45) is 5.10 Å². The van der Waals surface area contributed by atoms with Crippen molar-refractivity contribution < 1.29 is 14.3 Å². The molecule has 0 fully saturated rings. The van der Waals surface area contributed by atoms with Crippen LogP contribution in [-0.4, -0.2) is 18.7 Å². The summed E-state index contributed by atoms with van der Waals surface area (Å²) in [6.45, 7) is 2.22. The van der Waals surface area contributed by atoms with Crippen molar-refractivity contribution in [2.45, 2.75) is 13.5 Å². The smallest absolute Gasteiger partial charge is 0.277 e. The highest BCUT2D eigenvalue weighted by atomic mass is 79.9. The van der Waals surface area contributed by atoms with Gasteiger partial charge in [-0.25, -0.2) is 5.43 Å². The summed E-state index contributed by atoms with van der Waals surface area (Å²) in [6.07, 6.45) is 1.56. The van der Waals surface area contributed by atoms with Gasteiger partial charge in [-0.3, -0.25) is 4.79 Å². The van der Waals surface area contributed by atoms with Crippen LogP contribution in [0.3, 0.4) is 0 Å². The molecule has 3 rings (SSSR count). The normalized spacial score (nSPS) is 10.8. The Hall–Kier alpha value is -2.83. The van der Waals surface area contributed by atoms with Crippen molar-refractivity contribution in [1.82, 2.24) is 5.43 Å². The number of hydrogen-bond acceptors (Lipinski definition) is 4.